The number of aryl methyl sites for hydroxylation is 1. The molecule has 8 heteroatoms. The summed E-state index contributed by atoms with van der Waals surface area (Å²) >= 11 is 0. The van der Waals surface area contributed by atoms with Gasteiger partial charge in [0, 0.05) is 17.8 Å². The summed E-state index contributed by atoms with van der Waals surface area (Å²) in [5.74, 6) is 1.57. The summed E-state index contributed by atoms with van der Waals surface area (Å²) in [6.45, 7) is 4.38. The summed E-state index contributed by atoms with van der Waals surface area (Å²) in [6.07, 6.45) is 2.26. The minimum atomic E-state index is -0.504. The minimum absolute atomic E-state index is 0.219. The Morgan fingerprint density at radius 3 is 2.65 bits per heavy atom. The first-order chi connectivity index (χ1) is 18.0. The summed E-state index contributed by atoms with van der Waals surface area (Å²) < 4.78 is 13.4. The summed E-state index contributed by atoms with van der Waals surface area (Å²) in [4.78, 5) is 17.9. The number of hydrogen-bond donors (Lipinski definition) is 2. The van der Waals surface area contributed by atoms with Gasteiger partial charge in [0.1, 0.15) is 12.4 Å². The van der Waals surface area contributed by atoms with E-state index < -0.39 is 6.04 Å². The molecule has 3 aromatic carbocycles. The van der Waals surface area contributed by atoms with E-state index in [0.717, 1.165) is 23.2 Å². The van der Waals surface area contributed by atoms with E-state index in [0.29, 0.717) is 35.3 Å². The first-order valence-corrected chi connectivity index (χ1v) is 12.1. The lowest BCUT2D eigenvalue weighted by atomic mass is 9.94. The zero-order valence-electron chi connectivity index (χ0n) is 21.1. The van der Waals surface area contributed by atoms with Gasteiger partial charge in [0.2, 0.25) is 5.95 Å². The van der Waals surface area contributed by atoms with Gasteiger partial charge in [0.25, 0.3) is 5.91 Å². The minimum Gasteiger partial charge on any atom is -0.493 e. The van der Waals surface area contributed by atoms with Crippen molar-refractivity contribution >= 4 is 17.5 Å². The maximum Gasteiger partial charge on any atom is 0.255 e. The second-order valence-corrected chi connectivity index (χ2v) is 8.91. The highest BCUT2D eigenvalue weighted by atomic mass is 16.5. The first kappa shape index (κ1) is 24.1. The number of methoxy groups -OCH3 is 1. The van der Waals surface area contributed by atoms with Crippen molar-refractivity contribution in [2.45, 2.75) is 26.3 Å². The van der Waals surface area contributed by atoms with Crippen molar-refractivity contribution < 1.29 is 14.3 Å². The smallest absolute Gasteiger partial charge is 0.255 e. The molecule has 0 radical (unpaired) electrons. The van der Waals surface area contributed by atoms with Crippen LogP contribution in [0.2, 0.25) is 0 Å². The second-order valence-electron chi connectivity index (χ2n) is 8.91. The maximum absolute atomic E-state index is 13.6. The Morgan fingerprint density at radius 2 is 1.86 bits per heavy atom. The van der Waals surface area contributed by atoms with Crippen LogP contribution in [0, 0.1) is 6.92 Å². The van der Waals surface area contributed by atoms with E-state index in [-0.39, 0.29) is 5.91 Å². The lowest BCUT2D eigenvalue weighted by Gasteiger charge is -2.29. The van der Waals surface area contributed by atoms with Crippen LogP contribution in [0.25, 0.3) is 0 Å². The Hall–Kier alpha value is -4.59. The van der Waals surface area contributed by atoms with Crippen LogP contribution in [0.3, 0.4) is 0 Å². The van der Waals surface area contributed by atoms with E-state index >= 15 is 0 Å². The zero-order valence-corrected chi connectivity index (χ0v) is 21.1. The molecule has 5 rings (SSSR count). The number of nitrogens with zero attached hydrogens (tertiary/aromatic N) is 3. The molecule has 1 amide bonds. The Bertz CT molecular complexity index is 1440. The highest BCUT2D eigenvalue weighted by Crippen LogP contribution is 2.39. The zero-order chi connectivity index (χ0) is 25.8. The van der Waals surface area contributed by atoms with Crippen molar-refractivity contribution in [3.8, 4) is 11.5 Å². The quantitative estimate of drug-likeness (QED) is 0.352. The SMILES string of the molecule is COc1cc(C2C(C(=O)Nc3cccc(C)c3)=C(C)Nc3ncnn32)ccc1OCCc1ccccc1. The summed E-state index contributed by atoms with van der Waals surface area (Å²) in [7, 11) is 1.61. The van der Waals surface area contributed by atoms with E-state index in [1.165, 1.54) is 11.9 Å². The first-order valence-electron chi connectivity index (χ1n) is 12.1. The molecule has 2 heterocycles. The topological polar surface area (TPSA) is 90.3 Å². The van der Waals surface area contributed by atoms with Crippen molar-refractivity contribution in [1.82, 2.24) is 14.8 Å². The summed E-state index contributed by atoms with van der Waals surface area (Å²) in [5.41, 5.74) is 5.07. The number of hydrogen-bond acceptors (Lipinski definition) is 6. The molecule has 1 aromatic heterocycles. The molecule has 37 heavy (non-hydrogen) atoms. The number of aromatic nitrogens is 3. The monoisotopic (exact) mass is 495 g/mol. The third kappa shape index (κ3) is 5.18. The van der Waals surface area contributed by atoms with Crippen LogP contribution in [0.1, 0.15) is 29.7 Å². The fourth-order valence-corrected chi connectivity index (χ4v) is 4.51. The lowest BCUT2D eigenvalue weighted by molar-refractivity contribution is -0.113. The van der Waals surface area contributed by atoms with Gasteiger partial charge in [-0.3, -0.25) is 4.79 Å². The fourth-order valence-electron chi connectivity index (χ4n) is 4.51. The van der Waals surface area contributed by atoms with Gasteiger partial charge >= 0.3 is 0 Å². The van der Waals surface area contributed by atoms with Gasteiger partial charge in [-0.1, -0.05) is 48.5 Å². The molecule has 0 fully saturated rings. The number of fused-ring (bicyclic) bond motifs is 1. The third-order valence-corrected chi connectivity index (χ3v) is 6.31. The van der Waals surface area contributed by atoms with Crippen LogP contribution in [0.4, 0.5) is 11.6 Å². The van der Waals surface area contributed by atoms with Gasteiger partial charge < -0.3 is 20.1 Å². The summed E-state index contributed by atoms with van der Waals surface area (Å²) in [5, 5.41) is 10.7. The number of allylic oxidation sites excluding steroid dienone is 1. The van der Waals surface area contributed by atoms with E-state index in [4.69, 9.17) is 9.47 Å². The van der Waals surface area contributed by atoms with E-state index in [9.17, 15) is 4.79 Å². The van der Waals surface area contributed by atoms with Gasteiger partial charge in [0.05, 0.1) is 19.3 Å². The molecule has 0 bridgehead atoms. The lowest BCUT2D eigenvalue weighted by Crippen LogP contribution is -2.31. The van der Waals surface area contributed by atoms with Gasteiger partial charge in [-0.15, -0.1) is 0 Å². The molecule has 2 N–H and O–H groups in total. The van der Waals surface area contributed by atoms with Crippen molar-refractivity contribution in [2.24, 2.45) is 0 Å². The molecule has 1 unspecified atom stereocenters. The molecule has 1 aliphatic rings. The number of ether oxygens (including phenoxy) is 2. The third-order valence-electron chi connectivity index (χ3n) is 6.31. The molecule has 1 aliphatic heterocycles. The molecular formula is C29H29N5O3. The molecule has 0 saturated carbocycles. The van der Waals surface area contributed by atoms with Crippen LogP contribution in [0.15, 0.2) is 90.4 Å². The average Bonchev–Trinajstić information content (AvgIpc) is 3.36. The van der Waals surface area contributed by atoms with Crippen LogP contribution in [0.5, 0.6) is 11.5 Å². The number of carbonyl (C=O) groups excluding carboxylic acids is 1. The Balaban J connectivity index is 1.43. The van der Waals surface area contributed by atoms with Gasteiger partial charge in [0.15, 0.2) is 11.5 Å². The summed E-state index contributed by atoms with van der Waals surface area (Å²) in [6, 6.07) is 23.1. The molecule has 4 aromatic rings. The van der Waals surface area contributed by atoms with Gasteiger partial charge in [-0.25, -0.2) is 4.68 Å². The number of anilines is 2. The predicted molar refractivity (Wildman–Crippen MR) is 143 cm³/mol. The molecule has 1 atom stereocenters. The normalized spacial score (nSPS) is 14.5. The number of benzene rings is 3. The molecule has 188 valence electrons. The van der Waals surface area contributed by atoms with Gasteiger partial charge in [-0.2, -0.15) is 10.1 Å². The van der Waals surface area contributed by atoms with Crippen LogP contribution < -0.4 is 20.1 Å². The molecule has 0 spiro atoms. The van der Waals surface area contributed by atoms with Crippen molar-refractivity contribution in [3.63, 3.8) is 0 Å². The number of carbonyl (C=O) groups is 1. The molecule has 0 aliphatic carbocycles. The van der Waals surface area contributed by atoms with Crippen molar-refractivity contribution in [1.29, 1.82) is 0 Å². The molecule has 8 nitrogen and oxygen atoms in total. The van der Waals surface area contributed by atoms with Crippen LogP contribution >= 0.6 is 0 Å². The van der Waals surface area contributed by atoms with Crippen molar-refractivity contribution in [2.75, 3.05) is 24.4 Å². The van der Waals surface area contributed by atoms with E-state index in [2.05, 4.69) is 32.8 Å². The highest BCUT2D eigenvalue weighted by Gasteiger charge is 2.34. The Kier molecular flexibility index (Phi) is 6.89. The van der Waals surface area contributed by atoms with E-state index in [1.807, 2.05) is 74.5 Å². The van der Waals surface area contributed by atoms with Gasteiger partial charge in [-0.05, 0) is 54.8 Å². The second kappa shape index (κ2) is 10.6. The number of nitrogens with one attached hydrogen (secondary N) is 2. The molecule has 0 saturated heterocycles. The Morgan fingerprint density at radius 1 is 1.03 bits per heavy atom. The average molecular weight is 496 g/mol. The highest BCUT2D eigenvalue weighted by molar-refractivity contribution is 6.06. The Labute approximate surface area is 216 Å². The number of amides is 1. The maximum atomic E-state index is 13.6. The van der Waals surface area contributed by atoms with E-state index in [1.54, 1.807) is 11.8 Å². The van der Waals surface area contributed by atoms with Crippen LogP contribution in [-0.4, -0.2) is 34.4 Å². The number of rotatable bonds is 8. The fraction of sp³-hybridized carbons (Fsp3) is 0.207. The largest absolute Gasteiger partial charge is 0.493 e. The van der Waals surface area contributed by atoms with Crippen molar-refractivity contribution in [3.05, 3.63) is 107 Å². The predicted octanol–water partition coefficient (Wildman–Crippen LogP) is 5.14. The molecular weight excluding hydrogens is 466 g/mol. The standard InChI is InChI=1S/C29H29N5O3/c1-19-8-7-11-23(16-19)33-28(35)26-20(2)32-29-30-18-31-34(29)27(26)22-12-13-24(25(17-22)36-3)37-15-14-21-9-5-4-6-10-21/h4-13,16-18,27H,14-15H2,1-3H3,(H,33,35)(H,30,31,32). The van der Waals surface area contributed by atoms with Crippen LogP contribution in [-0.2, 0) is 11.2 Å².